The monoisotopic (exact) mass is 393 g/mol. The molecule has 0 aliphatic carbocycles. The van der Waals surface area contributed by atoms with Crippen LogP contribution >= 0.6 is 11.3 Å². The fraction of sp³-hybridized carbons (Fsp3) is 0.364. The number of aromatic nitrogens is 1. The first-order valence-corrected chi connectivity index (χ1v) is 10.6. The van der Waals surface area contributed by atoms with Crippen LogP contribution in [-0.4, -0.2) is 37.1 Å². The third kappa shape index (κ3) is 3.06. The van der Waals surface area contributed by atoms with E-state index in [1.54, 1.807) is 11.3 Å². The predicted octanol–water partition coefficient (Wildman–Crippen LogP) is 3.57. The Morgan fingerprint density at radius 2 is 2.00 bits per heavy atom. The van der Waals surface area contributed by atoms with E-state index in [-0.39, 0.29) is 11.9 Å². The summed E-state index contributed by atoms with van der Waals surface area (Å²) in [5.41, 5.74) is 4.26. The Morgan fingerprint density at radius 1 is 1.18 bits per heavy atom. The number of fused-ring (bicyclic) bond motifs is 2. The zero-order valence-corrected chi connectivity index (χ0v) is 16.9. The van der Waals surface area contributed by atoms with Crippen LogP contribution in [0.1, 0.15) is 27.7 Å². The summed E-state index contributed by atoms with van der Waals surface area (Å²) in [6, 6.07) is 10.5. The Kier molecular flexibility index (Phi) is 4.33. The van der Waals surface area contributed by atoms with Crippen molar-refractivity contribution < 1.29 is 9.53 Å². The topological polar surface area (TPSA) is 54.5 Å². The van der Waals surface area contributed by atoms with Gasteiger partial charge in [-0.15, -0.1) is 11.3 Å². The van der Waals surface area contributed by atoms with Crippen LogP contribution in [0.4, 0.5) is 5.69 Å². The Hall–Kier alpha value is -2.44. The minimum absolute atomic E-state index is 0.154. The number of ether oxygens (including phenoxy) is 1. The molecule has 144 valence electrons. The lowest BCUT2D eigenvalue weighted by Gasteiger charge is -2.31. The highest BCUT2D eigenvalue weighted by molar-refractivity contribution is 7.19. The lowest BCUT2D eigenvalue weighted by Crippen LogP contribution is -2.43. The maximum atomic E-state index is 12.8. The van der Waals surface area contributed by atoms with E-state index in [4.69, 9.17) is 4.74 Å². The number of hydrogen-bond acceptors (Lipinski definition) is 6. The molecule has 5 nitrogen and oxygen atoms in total. The average molecular weight is 394 g/mol. The van der Waals surface area contributed by atoms with Crippen molar-refractivity contribution in [2.45, 2.75) is 26.2 Å². The van der Waals surface area contributed by atoms with E-state index in [0.29, 0.717) is 12.2 Å². The van der Waals surface area contributed by atoms with Gasteiger partial charge in [-0.2, -0.15) is 0 Å². The van der Waals surface area contributed by atoms with Crippen LogP contribution in [0.2, 0.25) is 0 Å². The Balaban J connectivity index is 1.45. The third-order valence-electron chi connectivity index (χ3n) is 5.65. The van der Waals surface area contributed by atoms with Gasteiger partial charge < -0.3 is 15.0 Å². The number of rotatable bonds is 2. The molecule has 1 atom stereocenters. The number of carbonyl (C=O) groups is 1. The molecule has 0 amide bonds. The van der Waals surface area contributed by atoms with Gasteiger partial charge in [-0.25, -0.2) is 0 Å². The predicted molar refractivity (Wildman–Crippen MR) is 113 cm³/mol. The highest BCUT2D eigenvalue weighted by Crippen LogP contribution is 2.40. The van der Waals surface area contributed by atoms with Crippen molar-refractivity contribution in [2.24, 2.45) is 0 Å². The summed E-state index contributed by atoms with van der Waals surface area (Å²) < 4.78 is 6.98. The smallest absolute Gasteiger partial charge is 0.320 e. The quantitative estimate of drug-likeness (QED) is 0.533. The largest absolute Gasteiger partial charge is 0.426 e. The van der Waals surface area contributed by atoms with Crippen molar-refractivity contribution in [1.82, 2.24) is 10.3 Å². The van der Waals surface area contributed by atoms with Gasteiger partial charge in [0, 0.05) is 64.3 Å². The summed E-state index contributed by atoms with van der Waals surface area (Å²) in [5, 5.41) is 4.50. The molecular formula is C22H23N3O2S. The normalized spacial score (nSPS) is 19.6. The van der Waals surface area contributed by atoms with Crippen LogP contribution in [0.15, 0.2) is 30.3 Å². The molecule has 1 N–H and O–H groups in total. The van der Waals surface area contributed by atoms with Crippen molar-refractivity contribution in [2.75, 3.05) is 31.1 Å². The number of hydrogen-bond donors (Lipinski definition) is 1. The van der Waals surface area contributed by atoms with E-state index < -0.39 is 0 Å². The van der Waals surface area contributed by atoms with E-state index >= 15 is 0 Å². The van der Waals surface area contributed by atoms with Crippen LogP contribution in [-0.2, 0) is 11.2 Å². The van der Waals surface area contributed by atoms with Crippen LogP contribution in [0, 0.1) is 13.8 Å². The van der Waals surface area contributed by atoms with E-state index in [9.17, 15) is 4.79 Å². The number of carbonyl (C=O) groups excluding carboxylic acids is 1. The van der Waals surface area contributed by atoms with Gasteiger partial charge in [-0.05, 0) is 44.0 Å². The van der Waals surface area contributed by atoms with Crippen LogP contribution in [0.25, 0.3) is 10.1 Å². The van der Waals surface area contributed by atoms with Gasteiger partial charge in [0.15, 0.2) is 0 Å². The van der Waals surface area contributed by atoms with E-state index in [1.807, 2.05) is 19.9 Å². The number of nitrogens with one attached hydrogen (secondary N) is 1. The van der Waals surface area contributed by atoms with Crippen molar-refractivity contribution in [1.29, 1.82) is 0 Å². The van der Waals surface area contributed by atoms with E-state index in [2.05, 4.69) is 39.5 Å². The second-order valence-corrected chi connectivity index (χ2v) is 8.73. The minimum Gasteiger partial charge on any atom is -0.426 e. The van der Waals surface area contributed by atoms with Crippen LogP contribution < -0.4 is 15.0 Å². The Bertz CT molecular complexity index is 1070. The molecule has 0 spiro atoms. The fourth-order valence-electron chi connectivity index (χ4n) is 4.16. The summed E-state index contributed by atoms with van der Waals surface area (Å²) in [6.07, 6.45) is 0.689. The molecule has 5 rings (SSSR count). The number of anilines is 1. The molecule has 0 radical (unpaired) electrons. The van der Waals surface area contributed by atoms with Gasteiger partial charge in [0.05, 0.1) is 5.92 Å². The molecule has 3 aromatic rings. The lowest BCUT2D eigenvalue weighted by molar-refractivity contribution is -0.137. The van der Waals surface area contributed by atoms with E-state index in [0.717, 1.165) is 59.1 Å². The number of nitrogens with zero attached hydrogens (tertiary/aromatic N) is 2. The maximum Gasteiger partial charge on any atom is 0.320 e. The minimum atomic E-state index is -0.241. The second kappa shape index (κ2) is 6.87. The number of thiophene rings is 1. The molecule has 1 fully saturated rings. The van der Waals surface area contributed by atoms with Crippen molar-refractivity contribution in [3.8, 4) is 5.75 Å². The second-order valence-electron chi connectivity index (χ2n) is 7.62. The molecule has 1 aromatic carbocycles. The van der Waals surface area contributed by atoms with Crippen LogP contribution in [0.3, 0.4) is 0 Å². The lowest BCUT2D eigenvalue weighted by atomic mass is 9.94. The number of benzene rings is 1. The molecule has 1 unspecified atom stereocenters. The highest BCUT2D eigenvalue weighted by atomic mass is 32.1. The Labute approximate surface area is 168 Å². The molecular weight excluding hydrogens is 370 g/mol. The van der Waals surface area contributed by atoms with E-state index in [1.165, 1.54) is 4.70 Å². The molecule has 6 heteroatoms. The number of piperazine rings is 1. The molecule has 0 bridgehead atoms. The number of pyridine rings is 1. The summed E-state index contributed by atoms with van der Waals surface area (Å²) in [7, 11) is 0. The van der Waals surface area contributed by atoms with Crippen molar-refractivity contribution in [3.63, 3.8) is 0 Å². The SMILES string of the molecule is Cc1cc2sc(C3Cc4ccc(N5CCNCC5)cc4OC3=O)cc2c(C)n1. The zero-order valence-electron chi connectivity index (χ0n) is 16.1. The number of esters is 1. The van der Waals surface area contributed by atoms with Gasteiger partial charge in [0.1, 0.15) is 5.75 Å². The van der Waals surface area contributed by atoms with Crippen LogP contribution in [0.5, 0.6) is 5.75 Å². The van der Waals surface area contributed by atoms with Gasteiger partial charge >= 0.3 is 5.97 Å². The standard InChI is InChI=1S/C22H23N3O2S/c1-13-9-20-17(14(2)24-13)12-21(28-20)18-10-15-3-4-16(11-19(15)27-22(18)26)25-7-5-23-6-8-25/h3-4,9,11-12,18,23H,5-8,10H2,1-2H3. The summed E-state index contributed by atoms with van der Waals surface area (Å²) in [6.45, 7) is 7.95. The molecule has 2 aliphatic rings. The number of aryl methyl sites for hydroxylation is 2. The Morgan fingerprint density at radius 3 is 2.82 bits per heavy atom. The van der Waals surface area contributed by atoms with Gasteiger partial charge in [0.2, 0.25) is 0 Å². The zero-order chi connectivity index (χ0) is 19.3. The molecule has 1 saturated heterocycles. The van der Waals surface area contributed by atoms with Crippen molar-refractivity contribution >= 4 is 33.1 Å². The molecule has 2 aliphatic heterocycles. The first kappa shape index (κ1) is 17.6. The van der Waals surface area contributed by atoms with Gasteiger partial charge in [-0.3, -0.25) is 9.78 Å². The molecule has 4 heterocycles. The maximum absolute atomic E-state index is 12.8. The van der Waals surface area contributed by atoms with Crippen molar-refractivity contribution in [3.05, 3.63) is 52.2 Å². The van der Waals surface area contributed by atoms with Gasteiger partial charge in [0.25, 0.3) is 0 Å². The first-order chi connectivity index (χ1) is 13.6. The third-order valence-corrected chi connectivity index (χ3v) is 6.84. The molecule has 2 aromatic heterocycles. The summed E-state index contributed by atoms with van der Waals surface area (Å²) in [4.78, 5) is 20.8. The summed E-state index contributed by atoms with van der Waals surface area (Å²) >= 11 is 1.68. The molecule has 28 heavy (non-hydrogen) atoms. The highest BCUT2D eigenvalue weighted by Gasteiger charge is 2.32. The first-order valence-electron chi connectivity index (χ1n) is 9.76. The fourth-order valence-corrected chi connectivity index (χ4v) is 5.46. The molecule has 0 saturated carbocycles. The average Bonchev–Trinajstić information content (AvgIpc) is 3.12. The van der Waals surface area contributed by atoms with Gasteiger partial charge in [-0.1, -0.05) is 6.07 Å². The summed E-state index contributed by atoms with van der Waals surface area (Å²) in [5.74, 6) is 0.320.